The molecule has 0 spiro atoms. The Morgan fingerprint density at radius 3 is 2.23 bits per heavy atom. The Labute approximate surface area is 188 Å². The van der Waals surface area contributed by atoms with Crippen molar-refractivity contribution in [2.75, 3.05) is 13.1 Å². The highest BCUT2D eigenvalue weighted by Gasteiger charge is 2.35. The number of carbonyl (C=O) groups excluding carboxylic acids is 3. The number of hydrogen-bond acceptors (Lipinski definition) is 4. The number of piperidine rings is 1. The number of nitrogens with one attached hydrogen (secondary N) is 2. The van der Waals surface area contributed by atoms with Gasteiger partial charge in [-0.15, -0.1) is 11.3 Å². The Balaban J connectivity index is 1.68. The lowest BCUT2D eigenvalue weighted by atomic mass is 9.88. The van der Waals surface area contributed by atoms with Crippen LogP contribution in [0.4, 0.5) is 0 Å². The third-order valence-electron chi connectivity index (χ3n) is 6.00. The summed E-state index contributed by atoms with van der Waals surface area (Å²) in [5, 5.41) is 7.87. The maximum atomic E-state index is 13.1. The Kier molecular flexibility index (Phi) is 7.85. The van der Waals surface area contributed by atoms with E-state index in [1.54, 1.807) is 6.07 Å². The van der Waals surface area contributed by atoms with Gasteiger partial charge in [0.25, 0.3) is 11.8 Å². The molecule has 3 amide bonds. The highest BCUT2D eigenvalue weighted by molar-refractivity contribution is 7.12. The number of amides is 3. The van der Waals surface area contributed by atoms with Gasteiger partial charge in [0, 0.05) is 24.7 Å². The minimum Gasteiger partial charge on any atom is -0.352 e. The second-order valence-corrected chi connectivity index (χ2v) is 9.41. The van der Waals surface area contributed by atoms with Crippen LogP contribution in [0.5, 0.6) is 0 Å². The molecule has 2 heterocycles. The lowest BCUT2D eigenvalue weighted by Crippen LogP contribution is -2.55. The zero-order valence-corrected chi connectivity index (χ0v) is 19.2. The van der Waals surface area contributed by atoms with E-state index in [0.29, 0.717) is 42.3 Å². The van der Waals surface area contributed by atoms with Crippen LogP contribution in [0.2, 0.25) is 0 Å². The molecule has 0 bridgehead atoms. The molecule has 2 N–H and O–H groups in total. The van der Waals surface area contributed by atoms with Crippen molar-refractivity contribution in [1.82, 2.24) is 15.5 Å². The van der Waals surface area contributed by atoms with Crippen LogP contribution in [0, 0.1) is 11.8 Å². The van der Waals surface area contributed by atoms with Gasteiger partial charge in [-0.05, 0) is 55.2 Å². The van der Waals surface area contributed by atoms with Gasteiger partial charge >= 0.3 is 0 Å². The zero-order chi connectivity index (χ0) is 22.4. The summed E-state index contributed by atoms with van der Waals surface area (Å²) in [6, 6.07) is 12.2. The van der Waals surface area contributed by atoms with Crippen molar-refractivity contribution in [2.24, 2.45) is 11.8 Å². The van der Waals surface area contributed by atoms with E-state index in [9.17, 15) is 14.4 Å². The second-order valence-electron chi connectivity index (χ2n) is 8.47. The largest absolute Gasteiger partial charge is 0.352 e. The Bertz CT molecular complexity index is 875. The lowest BCUT2D eigenvalue weighted by Gasteiger charge is -2.36. The van der Waals surface area contributed by atoms with Gasteiger partial charge in [-0.1, -0.05) is 38.1 Å². The first kappa shape index (κ1) is 23.0. The quantitative estimate of drug-likeness (QED) is 0.690. The molecular formula is C24H31N3O3S. The first-order chi connectivity index (χ1) is 14.9. The standard InChI is InChI=1S/C24H31N3O3S/c1-16(2)17(3)25-23(29)21(26-22(28)20-10-7-15-31-20)18-11-13-27(14-12-18)24(30)19-8-5-4-6-9-19/h4-10,15-18,21H,11-14H2,1-3H3,(H,25,29)(H,26,28)/t17-,21+/m0/s1. The third kappa shape index (κ3) is 5.94. The van der Waals surface area contributed by atoms with E-state index in [0.717, 1.165) is 0 Å². The number of thiophene rings is 1. The van der Waals surface area contributed by atoms with Crippen LogP contribution in [-0.2, 0) is 4.79 Å². The van der Waals surface area contributed by atoms with Crippen LogP contribution in [0.15, 0.2) is 47.8 Å². The summed E-state index contributed by atoms with van der Waals surface area (Å²) in [4.78, 5) is 41.0. The van der Waals surface area contributed by atoms with Crippen LogP contribution in [0.1, 0.15) is 53.6 Å². The van der Waals surface area contributed by atoms with Crippen molar-refractivity contribution >= 4 is 29.1 Å². The van der Waals surface area contributed by atoms with Crippen LogP contribution in [-0.4, -0.2) is 47.8 Å². The summed E-state index contributed by atoms with van der Waals surface area (Å²) >= 11 is 1.36. The summed E-state index contributed by atoms with van der Waals surface area (Å²) in [5.74, 6) is -0.101. The van der Waals surface area contributed by atoms with Crippen LogP contribution >= 0.6 is 11.3 Å². The molecule has 0 unspecified atom stereocenters. The number of rotatable bonds is 7. The maximum Gasteiger partial charge on any atom is 0.262 e. The number of carbonyl (C=O) groups is 3. The van der Waals surface area contributed by atoms with Crippen LogP contribution < -0.4 is 10.6 Å². The first-order valence-corrected chi connectivity index (χ1v) is 11.7. The Morgan fingerprint density at radius 1 is 0.968 bits per heavy atom. The maximum absolute atomic E-state index is 13.1. The highest BCUT2D eigenvalue weighted by atomic mass is 32.1. The predicted octanol–water partition coefficient (Wildman–Crippen LogP) is 3.56. The molecule has 0 aliphatic carbocycles. The number of hydrogen-bond donors (Lipinski definition) is 2. The molecule has 1 fully saturated rings. The summed E-state index contributed by atoms with van der Waals surface area (Å²) in [7, 11) is 0. The van der Waals surface area contributed by atoms with E-state index < -0.39 is 6.04 Å². The summed E-state index contributed by atoms with van der Waals surface area (Å²) < 4.78 is 0. The van der Waals surface area contributed by atoms with Gasteiger partial charge in [-0.25, -0.2) is 0 Å². The zero-order valence-electron chi connectivity index (χ0n) is 18.3. The molecule has 1 aromatic carbocycles. The molecule has 2 aromatic rings. The van der Waals surface area contributed by atoms with E-state index >= 15 is 0 Å². The summed E-state index contributed by atoms with van der Waals surface area (Å²) in [6.07, 6.45) is 1.33. The summed E-state index contributed by atoms with van der Waals surface area (Å²) in [5.41, 5.74) is 0.673. The van der Waals surface area contributed by atoms with Crippen LogP contribution in [0.3, 0.4) is 0 Å². The molecule has 166 valence electrons. The van der Waals surface area contributed by atoms with Gasteiger partial charge in [0.05, 0.1) is 4.88 Å². The van der Waals surface area contributed by atoms with Gasteiger partial charge in [-0.2, -0.15) is 0 Å². The van der Waals surface area contributed by atoms with Crippen molar-refractivity contribution in [3.8, 4) is 0 Å². The second kappa shape index (κ2) is 10.6. The molecule has 0 radical (unpaired) electrons. The predicted molar refractivity (Wildman–Crippen MR) is 123 cm³/mol. The van der Waals surface area contributed by atoms with Crippen molar-refractivity contribution in [2.45, 2.75) is 45.7 Å². The number of likely N-dealkylation sites (tertiary alicyclic amines) is 1. The SMILES string of the molecule is CC(C)[C@H](C)NC(=O)[C@H](NC(=O)c1cccs1)C1CCN(C(=O)c2ccccc2)CC1. The van der Waals surface area contributed by atoms with Gasteiger partial charge in [0.2, 0.25) is 5.91 Å². The van der Waals surface area contributed by atoms with E-state index in [2.05, 4.69) is 24.5 Å². The molecule has 2 atom stereocenters. The number of nitrogens with zero attached hydrogens (tertiary/aromatic N) is 1. The average Bonchev–Trinajstić information content (AvgIpc) is 3.32. The van der Waals surface area contributed by atoms with Gasteiger partial charge < -0.3 is 15.5 Å². The normalized spacial score (nSPS) is 16.6. The first-order valence-electron chi connectivity index (χ1n) is 10.9. The van der Waals surface area contributed by atoms with Crippen molar-refractivity contribution < 1.29 is 14.4 Å². The molecule has 1 saturated heterocycles. The summed E-state index contributed by atoms with van der Waals surface area (Å²) in [6.45, 7) is 7.21. The molecule has 1 aliphatic rings. The fourth-order valence-electron chi connectivity index (χ4n) is 3.70. The van der Waals surface area contributed by atoms with Gasteiger partial charge in [0.1, 0.15) is 6.04 Å². The molecule has 6 nitrogen and oxygen atoms in total. The van der Waals surface area contributed by atoms with E-state index in [1.807, 2.05) is 53.6 Å². The lowest BCUT2D eigenvalue weighted by molar-refractivity contribution is -0.125. The Hall–Kier alpha value is -2.67. The fraction of sp³-hybridized carbons (Fsp3) is 0.458. The molecule has 1 aliphatic heterocycles. The van der Waals surface area contributed by atoms with Crippen molar-refractivity contribution in [3.63, 3.8) is 0 Å². The molecule has 0 saturated carbocycles. The monoisotopic (exact) mass is 441 g/mol. The van der Waals surface area contributed by atoms with E-state index in [4.69, 9.17) is 0 Å². The fourth-order valence-corrected chi connectivity index (χ4v) is 4.32. The Morgan fingerprint density at radius 2 is 1.65 bits per heavy atom. The average molecular weight is 442 g/mol. The molecule has 7 heteroatoms. The number of benzene rings is 1. The minimum absolute atomic E-state index is 0.00777. The van der Waals surface area contributed by atoms with Crippen molar-refractivity contribution in [1.29, 1.82) is 0 Å². The smallest absolute Gasteiger partial charge is 0.262 e. The minimum atomic E-state index is -0.621. The van der Waals surface area contributed by atoms with E-state index in [1.165, 1.54) is 11.3 Å². The highest BCUT2D eigenvalue weighted by Crippen LogP contribution is 2.23. The van der Waals surface area contributed by atoms with E-state index in [-0.39, 0.29) is 29.7 Å². The molecular weight excluding hydrogens is 410 g/mol. The van der Waals surface area contributed by atoms with Crippen LogP contribution in [0.25, 0.3) is 0 Å². The topological polar surface area (TPSA) is 78.5 Å². The molecule has 1 aromatic heterocycles. The van der Waals surface area contributed by atoms with Gasteiger partial charge in [0.15, 0.2) is 0 Å². The third-order valence-corrected chi connectivity index (χ3v) is 6.87. The van der Waals surface area contributed by atoms with Gasteiger partial charge in [-0.3, -0.25) is 14.4 Å². The molecule has 3 rings (SSSR count). The molecule has 31 heavy (non-hydrogen) atoms. The van der Waals surface area contributed by atoms with Crippen molar-refractivity contribution in [3.05, 3.63) is 58.3 Å².